The highest BCUT2D eigenvalue weighted by atomic mass is 15.2. The Morgan fingerprint density at radius 3 is 3.00 bits per heavy atom. The van der Waals surface area contributed by atoms with Crippen molar-refractivity contribution in [1.82, 2.24) is 20.6 Å². The quantitative estimate of drug-likeness (QED) is 0.681. The molecule has 2 rings (SSSR count). The maximum Gasteiger partial charge on any atom is 0.191 e. The van der Waals surface area contributed by atoms with E-state index in [1.54, 1.807) is 12.4 Å². The molecule has 1 aromatic rings. The van der Waals surface area contributed by atoms with E-state index < -0.39 is 0 Å². The summed E-state index contributed by atoms with van der Waals surface area (Å²) >= 11 is 0. The molecule has 2 N–H and O–H groups in total. The first-order valence-corrected chi connectivity index (χ1v) is 4.64. The molecule has 0 atom stereocenters. The predicted molar refractivity (Wildman–Crippen MR) is 53.9 cm³/mol. The third-order valence-corrected chi connectivity index (χ3v) is 1.95. The summed E-state index contributed by atoms with van der Waals surface area (Å²) in [5.74, 6) is 0.854. The Morgan fingerprint density at radius 1 is 1.43 bits per heavy atom. The maximum absolute atomic E-state index is 4.23. The van der Waals surface area contributed by atoms with E-state index in [0.717, 1.165) is 30.4 Å². The van der Waals surface area contributed by atoms with Crippen LogP contribution in [-0.4, -0.2) is 29.0 Å². The molecular weight excluding hydrogens is 178 g/mol. The minimum absolute atomic E-state index is 0.666. The largest absolute Gasteiger partial charge is 0.355 e. The Kier molecular flexibility index (Phi) is 2.58. The molecule has 0 spiro atoms. The Morgan fingerprint density at radius 2 is 2.36 bits per heavy atom. The molecule has 0 aliphatic carbocycles. The first-order valence-electron chi connectivity index (χ1n) is 4.64. The van der Waals surface area contributed by atoms with Crippen LogP contribution in [-0.2, 0) is 6.54 Å². The number of hydrogen-bond donors (Lipinski definition) is 2. The minimum Gasteiger partial charge on any atom is -0.355 e. The van der Waals surface area contributed by atoms with Gasteiger partial charge in [-0.1, -0.05) is 0 Å². The summed E-state index contributed by atoms with van der Waals surface area (Å²) < 4.78 is 0. The number of hydrogen-bond acceptors (Lipinski definition) is 5. The lowest BCUT2D eigenvalue weighted by Gasteiger charge is -2.05. The molecule has 1 aliphatic heterocycles. The van der Waals surface area contributed by atoms with E-state index in [9.17, 15) is 0 Å². The standard InChI is InChI=1S/C9H13N5/c1-7-4-13-8(5-12-7)6-14-9-10-2-3-11-9/h4-5H,2-3,6H2,1H3,(H2,10,11,14). The zero-order valence-electron chi connectivity index (χ0n) is 8.12. The number of aryl methyl sites for hydroxylation is 1. The lowest BCUT2D eigenvalue weighted by Crippen LogP contribution is -2.33. The predicted octanol–water partition coefficient (Wildman–Crippen LogP) is -0.166. The van der Waals surface area contributed by atoms with E-state index in [-0.39, 0.29) is 0 Å². The van der Waals surface area contributed by atoms with E-state index in [2.05, 4.69) is 25.6 Å². The highest BCUT2D eigenvalue weighted by Gasteiger charge is 2.03. The zero-order chi connectivity index (χ0) is 9.80. The van der Waals surface area contributed by atoms with E-state index in [4.69, 9.17) is 0 Å². The lowest BCUT2D eigenvalue weighted by molar-refractivity contribution is 0.828. The summed E-state index contributed by atoms with van der Waals surface area (Å²) in [6.45, 7) is 4.36. The van der Waals surface area contributed by atoms with Crippen molar-refractivity contribution in [2.45, 2.75) is 13.5 Å². The number of rotatable bonds is 2. The SMILES string of the molecule is Cc1cnc(CNC2=NCCN2)cn1. The van der Waals surface area contributed by atoms with Gasteiger partial charge in [0, 0.05) is 12.7 Å². The summed E-state index contributed by atoms with van der Waals surface area (Å²) in [6, 6.07) is 0. The Labute approximate surface area is 82.7 Å². The van der Waals surface area contributed by atoms with Gasteiger partial charge in [-0.2, -0.15) is 0 Å². The van der Waals surface area contributed by atoms with Crippen molar-refractivity contribution in [1.29, 1.82) is 0 Å². The average molecular weight is 191 g/mol. The number of nitrogens with one attached hydrogen (secondary N) is 2. The molecule has 14 heavy (non-hydrogen) atoms. The molecule has 1 aromatic heterocycles. The summed E-state index contributed by atoms with van der Waals surface area (Å²) in [7, 11) is 0. The molecule has 0 fully saturated rings. The third kappa shape index (κ3) is 2.18. The second kappa shape index (κ2) is 4.04. The van der Waals surface area contributed by atoms with Gasteiger partial charge >= 0.3 is 0 Å². The number of aromatic nitrogens is 2. The van der Waals surface area contributed by atoms with Crippen LogP contribution in [0.2, 0.25) is 0 Å². The van der Waals surface area contributed by atoms with Crippen molar-refractivity contribution in [2.24, 2.45) is 4.99 Å². The molecule has 1 aliphatic rings. The van der Waals surface area contributed by atoms with E-state index in [0.29, 0.717) is 6.54 Å². The van der Waals surface area contributed by atoms with Crippen molar-refractivity contribution in [3.05, 3.63) is 23.8 Å². The third-order valence-electron chi connectivity index (χ3n) is 1.95. The van der Waals surface area contributed by atoms with Crippen molar-refractivity contribution in [3.63, 3.8) is 0 Å². The minimum atomic E-state index is 0.666. The first-order chi connectivity index (χ1) is 6.84. The molecule has 5 heteroatoms. The van der Waals surface area contributed by atoms with Gasteiger partial charge in [0.2, 0.25) is 0 Å². The van der Waals surface area contributed by atoms with E-state index in [1.807, 2.05) is 6.92 Å². The lowest BCUT2D eigenvalue weighted by atomic mass is 10.4. The van der Waals surface area contributed by atoms with Crippen LogP contribution in [0.25, 0.3) is 0 Å². The molecule has 0 bridgehead atoms. The van der Waals surface area contributed by atoms with Crippen LogP contribution < -0.4 is 10.6 Å². The number of nitrogens with zero attached hydrogens (tertiary/aromatic N) is 3. The molecule has 0 aromatic carbocycles. The second-order valence-electron chi connectivity index (χ2n) is 3.16. The fourth-order valence-corrected chi connectivity index (χ4v) is 1.20. The van der Waals surface area contributed by atoms with Crippen molar-refractivity contribution < 1.29 is 0 Å². The number of aliphatic imine (C=N–C) groups is 1. The molecule has 0 saturated carbocycles. The first kappa shape index (κ1) is 8.93. The monoisotopic (exact) mass is 191 g/mol. The Balaban J connectivity index is 1.88. The van der Waals surface area contributed by atoms with Crippen LogP contribution in [0.5, 0.6) is 0 Å². The zero-order valence-corrected chi connectivity index (χ0v) is 8.12. The smallest absolute Gasteiger partial charge is 0.191 e. The second-order valence-corrected chi connectivity index (χ2v) is 3.16. The topological polar surface area (TPSA) is 62.2 Å². The fourth-order valence-electron chi connectivity index (χ4n) is 1.20. The highest BCUT2D eigenvalue weighted by molar-refractivity contribution is 5.81. The Hall–Kier alpha value is -1.65. The summed E-state index contributed by atoms with van der Waals surface area (Å²) in [6.07, 6.45) is 3.54. The van der Waals surface area contributed by atoms with E-state index >= 15 is 0 Å². The van der Waals surface area contributed by atoms with E-state index in [1.165, 1.54) is 0 Å². The van der Waals surface area contributed by atoms with Gasteiger partial charge in [0.05, 0.1) is 30.7 Å². The van der Waals surface area contributed by atoms with Crippen LogP contribution in [0, 0.1) is 6.92 Å². The van der Waals surface area contributed by atoms with Gasteiger partial charge in [0.1, 0.15) is 0 Å². The van der Waals surface area contributed by atoms with Gasteiger partial charge in [0.15, 0.2) is 5.96 Å². The van der Waals surface area contributed by atoms with Crippen molar-refractivity contribution >= 4 is 5.96 Å². The van der Waals surface area contributed by atoms with Gasteiger partial charge < -0.3 is 10.6 Å². The van der Waals surface area contributed by atoms with Gasteiger partial charge in [-0.3, -0.25) is 15.0 Å². The highest BCUT2D eigenvalue weighted by Crippen LogP contribution is 1.93. The van der Waals surface area contributed by atoms with Crippen molar-refractivity contribution in [3.8, 4) is 0 Å². The summed E-state index contributed by atoms with van der Waals surface area (Å²) in [4.78, 5) is 12.6. The molecule has 0 unspecified atom stereocenters. The average Bonchev–Trinajstić information content (AvgIpc) is 2.70. The van der Waals surface area contributed by atoms with Crippen LogP contribution in [0.15, 0.2) is 17.4 Å². The van der Waals surface area contributed by atoms with Crippen molar-refractivity contribution in [2.75, 3.05) is 13.1 Å². The molecule has 74 valence electrons. The van der Waals surface area contributed by atoms with Crippen LogP contribution in [0.4, 0.5) is 0 Å². The van der Waals surface area contributed by atoms with Gasteiger partial charge in [-0.15, -0.1) is 0 Å². The normalized spacial score (nSPS) is 14.8. The molecule has 5 nitrogen and oxygen atoms in total. The molecule has 2 heterocycles. The summed E-state index contributed by atoms with van der Waals surface area (Å²) in [5, 5.41) is 6.28. The molecule has 0 amide bonds. The van der Waals surface area contributed by atoms with Gasteiger partial charge in [0.25, 0.3) is 0 Å². The van der Waals surface area contributed by atoms with Crippen LogP contribution >= 0.6 is 0 Å². The fraction of sp³-hybridized carbons (Fsp3) is 0.444. The van der Waals surface area contributed by atoms with Crippen LogP contribution in [0.3, 0.4) is 0 Å². The molecular formula is C9H13N5. The summed E-state index contributed by atoms with van der Waals surface area (Å²) in [5.41, 5.74) is 1.86. The van der Waals surface area contributed by atoms with Gasteiger partial charge in [-0.25, -0.2) is 0 Å². The molecule has 0 radical (unpaired) electrons. The van der Waals surface area contributed by atoms with Gasteiger partial charge in [-0.05, 0) is 6.92 Å². The van der Waals surface area contributed by atoms with Crippen LogP contribution in [0.1, 0.15) is 11.4 Å². The molecule has 0 saturated heterocycles. The maximum atomic E-state index is 4.23. The number of guanidine groups is 1. The Bertz CT molecular complexity index is 330.